The predicted molar refractivity (Wildman–Crippen MR) is 92.8 cm³/mol. The van der Waals surface area contributed by atoms with Crippen molar-refractivity contribution in [1.82, 2.24) is 15.6 Å². The Morgan fingerprint density at radius 3 is 3.04 bits per heavy atom. The summed E-state index contributed by atoms with van der Waals surface area (Å²) >= 11 is 1.59. The van der Waals surface area contributed by atoms with E-state index >= 15 is 0 Å². The zero-order valence-electron chi connectivity index (χ0n) is 12.6. The number of carbonyl (C=O) groups excluding carboxylic acids is 1. The second-order valence-corrected chi connectivity index (χ2v) is 5.89. The molecule has 2 aromatic heterocycles. The standard InChI is InChI=1S/C17H16N4OS/c1-2-12-5-3-6-13(9-12)11-18-21-17(22)15-10-14(19-20-15)16-7-4-8-23-16/h3-11H,2H2,1H3,(H,19,20)(H,21,22)/b18-11-. The Kier molecular flexibility index (Phi) is 4.63. The Hall–Kier alpha value is -2.73. The van der Waals surface area contributed by atoms with E-state index in [-0.39, 0.29) is 5.91 Å². The number of rotatable bonds is 5. The number of amides is 1. The smallest absolute Gasteiger partial charge is 0.276 e. The third-order valence-corrected chi connectivity index (χ3v) is 4.24. The van der Waals surface area contributed by atoms with Gasteiger partial charge in [0.25, 0.3) is 5.91 Å². The molecule has 0 saturated heterocycles. The Balaban J connectivity index is 1.64. The third-order valence-electron chi connectivity index (χ3n) is 3.34. The van der Waals surface area contributed by atoms with Crippen molar-refractivity contribution in [2.45, 2.75) is 13.3 Å². The molecule has 6 heteroatoms. The van der Waals surface area contributed by atoms with Crippen LogP contribution in [0.15, 0.2) is 52.9 Å². The van der Waals surface area contributed by atoms with Crippen molar-refractivity contribution >= 4 is 23.5 Å². The maximum atomic E-state index is 12.0. The molecule has 3 aromatic rings. The minimum absolute atomic E-state index is 0.313. The van der Waals surface area contributed by atoms with Crippen molar-refractivity contribution in [2.75, 3.05) is 0 Å². The number of aromatic amines is 1. The summed E-state index contributed by atoms with van der Waals surface area (Å²) in [5.74, 6) is -0.341. The van der Waals surface area contributed by atoms with E-state index in [0.717, 1.165) is 22.6 Å². The minimum atomic E-state index is -0.341. The van der Waals surface area contributed by atoms with E-state index in [2.05, 4.69) is 33.7 Å². The molecule has 0 unspecified atom stereocenters. The van der Waals surface area contributed by atoms with Gasteiger partial charge in [-0.2, -0.15) is 10.2 Å². The molecule has 0 aliphatic heterocycles. The van der Waals surface area contributed by atoms with Gasteiger partial charge in [0, 0.05) is 0 Å². The van der Waals surface area contributed by atoms with Gasteiger partial charge in [-0.1, -0.05) is 37.3 Å². The summed E-state index contributed by atoms with van der Waals surface area (Å²) in [6.45, 7) is 2.10. The monoisotopic (exact) mass is 324 g/mol. The lowest BCUT2D eigenvalue weighted by atomic mass is 10.1. The second kappa shape index (κ2) is 7.02. The molecule has 0 aliphatic carbocycles. The molecule has 0 fully saturated rings. The van der Waals surface area contributed by atoms with Crippen LogP contribution in [0.25, 0.3) is 10.6 Å². The molecule has 116 valence electrons. The normalized spacial score (nSPS) is 11.0. The van der Waals surface area contributed by atoms with Crippen LogP contribution in [0.2, 0.25) is 0 Å². The minimum Gasteiger partial charge on any atom is -0.276 e. The Morgan fingerprint density at radius 1 is 1.35 bits per heavy atom. The first-order valence-electron chi connectivity index (χ1n) is 7.28. The molecular formula is C17H16N4OS. The van der Waals surface area contributed by atoms with Gasteiger partial charge in [0.05, 0.1) is 16.8 Å². The summed E-state index contributed by atoms with van der Waals surface area (Å²) in [5, 5.41) is 12.8. The van der Waals surface area contributed by atoms with Gasteiger partial charge in [-0.25, -0.2) is 5.43 Å². The van der Waals surface area contributed by atoms with Gasteiger partial charge < -0.3 is 0 Å². The molecule has 0 spiro atoms. The fourth-order valence-corrected chi connectivity index (χ4v) is 2.80. The topological polar surface area (TPSA) is 70.1 Å². The van der Waals surface area contributed by atoms with E-state index < -0.39 is 0 Å². The average Bonchev–Trinajstić information content (AvgIpc) is 3.26. The largest absolute Gasteiger partial charge is 0.291 e. The second-order valence-electron chi connectivity index (χ2n) is 4.94. The number of aryl methyl sites for hydroxylation is 1. The van der Waals surface area contributed by atoms with E-state index in [1.807, 2.05) is 35.7 Å². The molecule has 2 N–H and O–H groups in total. The van der Waals surface area contributed by atoms with Crippen molar-refractivity contribution in [3.63, 3.8) is 0 Å². The van der Waals surface area contributed by atoms with Gasteiger partial charge in [-0.3, -0.25) is 9.89 Å². The fraction of sp³-hybridized carbons (Fsp3) is 0.118. The molecule has 0 radical (unpaired) electrons. The number of aromatic nitrogens is 2. The molecule has 5 nitrogen and oxygen atoms in total. The van der Waals surface area contributed by atoms with Crippen molar-refractivity contribution in [3.05, 3.63) is 64.7 Å². The van der Waals surface area contributed by atoms with Crippen LogP contribution in [-0.4, -0.2) is 22.3 Å². The summed E-state index contributed by atoms with van der Waals surface area (Å²) in [5.41, 5.74) is 5.81. The van der Waals surface area contributed by atoms with Crippen LogP contribution >= 0.6 is 11.3 Å². The molecule has 1 amide bonds. The zero-order valence-corrected chi connectivity index (χ0v) is 13.4. The molecule has 23 heavy (non-hydrogen) atoms. The Morgan fingerprint density at radius 2 is 2.26 bits per heavy atom. The molecule has 2 heterocycles. The SMILES string of the molecule is CCc1cccc(/C=N\NC(=O)c2cc(-c3cccs3)[nH]n2)c1. The third kappa shape index (κ3) is 3.73. The lowest BCUT2D eigenvalue weighted by molar-refractivity contribution is 0.0950. The number of nitrogens with one attached hydrogen (secondary N) is 2. The first-order valence-corrected chi connectivity index (χ1v) is 8.16. The van der Waals surface area contributed by atoms with Crippen LogP contribution in [0.1, 0.15) is 28.5 Å². The highest BCUT2D eigenvalue weighted by molar-refractivity contribution is 7.13. The predicted octanol–water partition coefficient (Wildman–Crippen LogP) is 3.46. The van der Waals surface area contributed by atoms with Crippen LogP contribution in [0, 0.1) is 0 Å². The molecule has 3 rings (SSSR count). The molecule has 0 bridgehead atoms. The quantitative estimate of drug-likeness (QED) is 0.557. The van der Waals surface area contributed by atoms with Gasteiger partial charge in [-0.15, -0.1) is 11.3 Å². The fourth-order valence-electron chi connectivity index (χ4n) is 2.11. The van der Waals surface area contributed by atoms with Crippen LogP contribution < -0.4 is 5.43 Å². The molecule has 0 atom stereocenters. The summed E-state index contributed by atoms with van der Waals surface area (Å²) in [4.78, 5) is 13.1. The lowest BCUT2D eigenvalue weighted by Gasteiger charge is -1.98. The van der Waals surface area contributed by atoms with E-state index in [1.165, 1.54) is 5.56 Å². The first kappa shape index (κ1) is 15.2. The van der Waals surface area contributed by atoms with Gasteiger partial charge in [0.15, 0.2) is 5.69 Å². The Labute approximate surface area is 138 Å². The van der Waals surface area contributed by atoms with Crippen LogP contribution in [0.4, 0.5) is 0 Å². The van der Waals surface area contributed by atoms with Gasteiger partial charge >= 0.3 is 0 Å². The van der Waals surface area contributed by atoms with Crippen LogP contribution in [-0.2, 0) is 6.42 Å². The maximum absolute atomic E-state index is 12.0. The highest BCUT2D eigenvalue weighted by Crippen LogP contribution is 2.22. The van der Waals surface area contributed by atoms with E-state index in [9.17, 15) is 4.79 Å². The van der Waals surface area contributed by atoms with Crippen molar-refractivity contribution in [1.29, 1.82) is 0 Å². The zero-order chi connectivity index (χ0) is 16.1. The van der Waals surface area contributed by atoms with Crippen LogP contribution in [0.3, 0.4) is 0 Å². The lowest BCUT2D eigenvalue weighted by Crippen LogP contribution is -2.18. The summed E-state index contributed by atoms with van der Waals surface area (Å²) in [7, 11) is 0. The number of hydrazone groups is 1. The van der Waals surface area contributed by atoms with E-state index in [4.69, 9.17) is 0 Å². The average molecular weight is 324 g/mol. The van der Waals surface area contributed by atoms with Crippen molar-refractivity contribution < 1.29 is 4.79 Å². The first-order chi connectivity index (χ1) is 11.3. The molecule has 0 saturated carbocycles. The van der Waals surface area contributed by atoms with Crippen molar-refractivity contribution in [3.8, 4) is 10.6 Å². The maximum Gasteiger partial charge on any atom is 0.291 e. The van der Waals surface area contributed by atoms with Gasteiger partial charge in [0.2, 0.25) is 0 Å². The highest BCUT2D eigenvalue weighted by atomic mass is 32.1. The molecular weight excluding hydrogens is 308 g/mol. The number of H-pyrrole nitrogens is 1. The Bertz CT molecular complexity index is 821. The number of hydrogen-bond donors (Lipinski definition) is 2. The van der Waals surface area contributed by atoms with Gasteiger partial charge in [-0.05, 0) is 35.1 Å². The van der Waals surface area contributed by atoms with Crippen molar-refractivity contribution in [2.24, 2.45) is 5.10 Å². The number of benzene rings is 1. The number of hydrogen-bond acceptors (Lipinski definition) is 4. The highest BCUT2D eigenvalue weighted by Gasteiger charge is 2.10. The van der Waals surface area contributed by atoms with E-state index in [0.29, 0.717) is 5.69 Å². The van der Waals surface area contributed by atoms with E-state index in [1.54, 1.807) is 23.6 Å². The summed E-state index contributed by atoms with van der Waals surface area (Å²) < 4.78 is 0. The van der Waals surface area contributed by atoms with Gasteiger partial charge in [0.1, 0.15) is 0 Å². The number of nitrogens with zero attached hydrogens (tertiary/aromatic N) is 2. The summed E-state index contributed by atoms with van der Waals surface area (Å²) in [6, 6.07) is 13.7. The molecule has 0 aliphatic rings. The number of thiophene rings is 1. The molecule has 1 aromatic carbocycles. The van der Waals surface area contributed by atoms with Crippen LogP contribution in [0.5, 0.6) is 0 Å². The summed E-state index contributed by atoms with van der Waals surface area (Å²) in [6.07, 6.45) is 2.59. The number of carbonyl (C=O) groups is 1.